The van der Waals surface area contributed by atoms with Gasteiger partial charge in [0.25, 0.3) is 5.91 Å². The van der Waals surface area contributed by atoms with Gasteiger partial charge in [-0.05, 0) is 18.2 Å². The van der Waals surface area contributed by atoms with Crippen LogP contribution in [-0.4, -0.2) is 23.2 Å². The van der Waals surface area contributed by atoms with Gasteiger partial charge in [-0.1, -0.05) is 6.92 Å². The van der Waals surface area contributed by atoms with Crippen molar-refractivity contribution < 1.29 is 9.90 Å². The number of carbonyl (C=O) groups excluding carboxylic acids is 1. The molecule has 0 rings (SSSR count). The molecule has 0 saturated carbocycles. The lowest BCUT2D eigenvalue weighted by molar-refractivity contribution is -0.117. The molecule has 0 aliphatic carbocycles. The van der Waals surface area contributed by atoms with Gasteiger partial charge < -0.3 is 10.4 Å². The van der Waals surface area contributed by atoms with Crippen LogP contribution in [0.25, 0.3) is 0 Å². The fraction of sp³-hybridized carbons (Fsp3) is 0.625. The normalized spacial score (nSPS) is 14.0. The molecule has 0 heterocycles. The average molecular weight is 234 g/mol. The second kappa shape index (κ2) is 5.18. The minimum atomic E-state index is -0.562. The third-order valence-electron chi connectivity index (χ3n) is 1.71. The van der Waals surface area contributed by atoms with Gasteiger partial charge in [0.15, 0.2) is 0 Å². The van der Waals surface area contributed by atoms with E-state index in [-0.39, 0.29) is 12.5 Å². The highest BCUT2D eigenvalue weighted by atomic mass is 79.9. The highest BCUT2D eigenvalue weighted by Crippen LogP contribution is 2.06. The number of hydrogen-bond acceptors (Lipinski definition) is 2. The summed E-state index contributed by atoms with van der Waals surface area (Å²) in [6, 6.07) is 0. The van der Waals surface area contributed by atoms with Crippen LogP contribution in [0.15, 0.2) is 0 Å². The topological polar surface area (TPSA) is 49.3 Å². The first kappa shape index (κ1) is 11.5. The molecule has 0 spiro atoms. The Bertz CT molecular complexity index is 213. The van der Waals surface area contributed by atoms with Crippen molar-refractivity contribution in [3.8, 4) is 10.8 Å². The lowest BCUT2D eigenvalue weighted by Crippen LogP contribution is -2.47. The molecule has 4 heteroatoms. The number of hydrogen-bond donors (Lipinski definition) is 2. The quantitative estimate of drug-likeness (QED) is 0.703. The summed E-state index contributed by atoms with van der Waals surface area (Å²) in [6.45, 7) is 3.57. The van der Waals surface area contributed by atoms with Gasteiger partial charge >= 0.3 is 0 Å². The summed E-state index contributed by atoms with van der Waals surface area (Å²) in [7, 11) is 0. The Kier molecular flexibility index (Phi) is 4.95. The highest BCUT2D eigenvalue weighted by Gasteiger charge is 2.21. The Morgan fingerprint density at radius 1 is 1.75 bits per heavy atom. The molecule has 0 aliphatic rings. The molecule has 1 atom stereocenters. The molecule has 12 heavy (non-hydrogen) atoms. The van der Waals surface area contributed by atoms with Gasteiger partial charge in [0.1, 0.15) is 0 Å². The van der Waals surface area contributed by atoms with Gasteiger partial charge in [0, 0.05) is 21.9 Å². The number of rotatable bonds is 3. The van der Waals surface area contributed by atoms with Crippen LogP contribution in [0.3, 0.4) is 0 Å². The van der Waals surface area contributed by atoms with Gasteiger partial charge in [0.05, 0.1) is 12.1 Å². The van der Waals surface area contributed by atoms with Crippen LogP contribution in [0.1, 0.15) is 20.3 Å². The van der Waals surface area contributed by atoms with Crippen molar-refractivity contribution >= 4 is 21.8 Å². The molecule has 68 valence electrons. The lowest BCUT2D eigenvalue weighted by atomic mass is 10.0. The summed E-state index contributed by atoms with van der Waals surface area (Å²) >= 11 is 2.82. The number of aliphatic hydroxyl groups is 1. The zero-order valence-electron chi connectivity index (χ0n) is 7.15. The molecule has 1 amide bonds. The minimum Gasteiger partial charge on any atom is -0.394 e. The molecule has 2 N–H and O–H groups in total. The van der Waals surface area contributed by atoms with Crippen molar-refractivity contribution in [3.63, 3.8) is 0 Å². The number of carbonyl (C=O) groups is 1. The smallest absolute Gasteiger partial charge is 0.297 e. The van der Waals surface area contributed by atoms with Crippen molar-refractivity contribution in [3.05, 3.63) is 0 Å². The number of halogens is 1. The SMILES string of the molecule is CCC(C)(CO)NC(=O)C#CBr. The van der Waals surface area contributed by atoms with Crippen molar-refractivity contribution in [2.24, 2.45) is 0 Å². The van der Waals surface area contributed by atoms with E-state index in [1.165, 1.54) is 0 Å². The third kappa shape index (κ3) is 3.74. The van der Waals surface area contributed by atoms with E-state index in [2.05, 4.69) is 32.0 Å². The Labute approximate surface area is 80.7 Å². The van der Waals surface area contributed by atoms with Crippen molar-refractivity contribution in [1.29, 1.82) is 0 Å². The van der Waals surface area contributed by atoms with E-state index < -0.39 is 5.54 Å². The van der Waals surface area contributed by atoms with Crippen LogP contribution in [0.5, 0.6) is 0 Å². The third-order valence-corrected chi connectivity index (χ3v) is 1.90. The lowest BCUT2D eigenvalue weighted by Gasteiger charge is -2.25. The van der Waals surface area contributed by atoms with Crippen LogP contribution in [0, 0.1) is 10.8 Å². The summed E-state index contributed by atoms with van der Waals surface area (Å²) in [5.74, 6) is 1.89. The van der Waals surface area contributed by atoms with Crippen molar-refractivity contribution in [2.75, 3.05) is 6.61 Å². The van der Waals surface area contributed by atoms with E-state index in [1.54, 1.807) is 6.92 Å². The van der Waals surface area contributed by atoms with E-state index in [0.29, 0.717) is 6.42 Å². The fourth-order valence-electron chi connectivity index (χ4n) is 0.588. The molecule has 3 nitrogen and oxygen atoms in total. The fourth-order valence-corrected chi connectivity index (χ4v) is 0.768. The maximum Gasteiger partial charge on any atom is 0.297 e. The molecule has 0 saturated heterocycles. The Morgan fingerprint density at radius 3 is 2.67 bits per heavy atom. The minimum absolute atomic E-state index is 0.0841. The van der Waals surface area contributed by atoms with E-state index in [0.717, 1.165) is 0 Å². The predicted octanol–water partition coefficient (Wildman–Crippen LogP) is 0.619. The van der Waals surface area contributed by atoms with Crippen LogP contribution in [0.4, 0.5) is 0 Å². The van der Waals surface area contributed by atoms with Crippen LogP contribution in [-0.2, 0) is 4.79 Å². The summed E-state index contributed by atoms with van der Waals surface area (Å²) in [5.41, 5.74) is -0.562. The van der Waals surface area contributed by atoms with Gasteiger partial charge in [-0.25, -0.2) is 0 Å². The van der Waals surface area contributed by atoms with Crippen molar-refractivity contribution in [1.82, 2.24) is 5.32 Å². The van der Waals surface area contributed by atoms with Gasteiger partial charge in [-0.3, -0.25) is 4.79 Å². The zero-order valence-corrected chi connectivity index (χ0v) is 8.73. The van der Waals surface area contributed by atoms with Crippen LogP contribution >= 0.6 is 15.9 Å². The summed E-state index contributed by atoms with van der Waals surface area (Å²) < 4.78 is 0. The standard InChI is InChI=1S/C8H12BrNO2/c1-3-8(2,6-11)10-7(12)4-5-9/h11H,3,6H2,1-2H3,(H,10,12). The number of nitrogens with one attached hydrogen (secondary N) is 1. The van der Waals surface area contributed by atoms with Crippen LogP contribution < -0.4 is 5.32 Å². The number of aliphatic hydroxyl groups excluding tert-OH is 1. The molecule has 0 aliphatic heterocycles. The Morgan fingerprint density at radius 2 is 2.33 bits per heavy atom. The molecule has 0 fully saturated rings. The first-order valence-corrected chi connectivity index (χ1v) is 4.42. The second-order valence-corrected chi connectivity index (χ2v) is 3.14. The monoisotopic (exact) mass is 233 g/mol. The van der Waals surface area contributed by atoms with E-state index in [4.69, 9.17) is 5.11 Å². The number of amides is 1. The largest absolute Gasteiger partial charge is 0.394 e. The van der Waals surface area contributed by atoms with Crippen molar-refractivity contribution in [2.45, 2.75) is 25.8 Å². The summed E-state index contributed by atoms with van der Waals surface area (Å²) in [6.07, 6.45) is 0.666. The molecule has 0 bridgehead atoms. The predicted molar refractivity (Wildman–Crippen MR) is 50.6 cm³/mol. The molecular weight excluding hydrogens is 222 g/mol. The first-order chi connectivity index (χ1) is 5.58. The second-order valence-electron chi connectivity index (χ2n) is 2.75. The summed E-state index contributed by atoms with van der Waals surface area (Å²) in [4.78, 5) is 13.3. The van der Waals surface area contributed by atoms with Gasteiger partial charge in [0.2, 0.25) is 0 Å². The van der Waals surface area contributed by atoms with E-state index in [9.17, 15) is 4.79 Å². The molecule has 0 aromatic heterocycles. The maximum absolute atomic E-state index is 11.0. The molecule has 0 aromatic rings. The summed E-state index contributed by atoms with van der Waals surface area (Å²) in [5, 5.41) is 11.5. The van der Waals surface area contributed by atoms with E-state index >= 15 is 0 Å². The van der Waals surface area contributed by atoms with Crippen LogP contribution in [0.2, 0.25) is 0 Å². The Balaban J connectivity index is 4.18. The van der Waals surface area contributed by atoms with Gasteiger partial charge in [-0.2, -0.15) is 0 Å². The molecule has 0 radical (unpaired) electrons. The molecule has 0 aromatic carbocycles. The zero-order chi connectivity index (χ0) is 9.61. The van der Waals surface area contributed by atoms with E-state index in [1.807, 2.05) is 6.92 Å². The first-order valence-electron chi connectivity index (χ1n) is 3.62. The molecule has 1 unspecified atom stereocenters. The maximum atomic E-state index is 11.0. The molecular formula is C8H12BrNO2. The average Bonchev–Trinajstić information content (AvgIpc) is 2.05. The van der Waals surface area contributed by atoms with Gasteiger partial charge in [-0.15, -0.1) is 0 Å². The highest BCUT2D eigenvalue weighted by molar-refractivity contribution is 9.12. The Hall–Kier alpha value is -0.530.